The van der Waals surface area contributed by atoms with E-state index in [1.807, 2.05) is 10.9 Å². The molecule has 0 saturated heterocycles. The Hall–Kier alpha value is -0.350. The molecule has 0 spiro atoms. The van der Waals surface area contributed by atoms with Crippen LogP contribution in [-0.2, 0) is 5.60 Å². The average molecular weight is 315 g/mol. The molecule has 1 N–H and O–H groups in total. The highest BCUT2D eigenvalue weighted by Gasteiger charge is 2.43. The number of rotatable bonds is 3. The van der Waals surface area contributed by atoms with Gasteiger partial charge in [0, 0.05) is 6.04 Å². The minimum atomic E-state index is -0.716. The maximum Gasteiger partial charge on any atom is 0.110 e. The van der Waals surface area contributed by atoms with Crippen LogP contribution in [0.2, 0.25) is 0 Å². The summed E-state index contributed by atoms with van der Waals surface area (Å²) in [6.45, 7) is 6.39. The summed E-state index contributed by atoms with van der Waals surface area (Å²) in [6.07, 6.45) is 7.13. The lowest BCUT2D eigenvalue weighted by Gasteiger charge is -2.40. The van der Waals surface area contributed by atoms with E-state index in [0.29, 0.717) is 5.92 Å². The Labute approximate surface area is 118 Å². The Morgan fingerprint density at radius 2 is 2.28 bits per heavy atom. The third-order valence-electron chi connectivity index (χ3n) is 4.18. The summed E-state index contributed by atoms with van der Waals surface area (Å²) < 4.78 is 2.91. The molecule has 0 bridgehead atoms. The molecule has 2 unspecified atom stereocenters. The minimum absolute atomic E-state index is 0.273. The zero-order chi connectivity index (χ0) is 13.3. The van der Waals surface area contributed by atoms with Gasteiger partial charge in [0.05, 0.1) is 16.4 Å². The van der Waals surface area contributed by atoms with Gasteiger partial charge < -0.3 is 5.11 Å². The second kappa shape index (κ2) is 5.33. The lowest BCUT2D eigenvalue weighted by Crippen LogP contribution is -2.40. The average Bonchev–Trinajstić information content (AvgIpc) is 2.72. The van der Waals surface area contributed by atoms with Crippen LogP contribution < -0.4 is 0 Å². The molecule has 1 aromatic heterocycles. The molecule has 102 valence electrons. The summed E-state index contributed by atoms with van der Waals surface area (Å²) >= 11 is 3.57. The Morgan fingerprint density at radius 1 is 1.56 bits per heavy atom. The molecule has 1 heterocycles. The number of aliphatic hydroxyl groups is 1. The van der Waals surface area contributed by atoms with Gasteiger partial charge in [0.15, 0.2) is 0 Å². The lowest BCUT2D eigenvalue weighted by atomic mass is 9.72. The molecule has 1 saturated carbocycles. The van der Waals surface area contributed by atoms with E-state index in [0.717, 1.165) is 35.8 Å². The standard InChI is InChI=1S/C14H23BrN2O/c1-4-11-7-5-6-8-14(11,18)13-12(15)9-16-17(13)10(2)3/h9-11,18H,4-8H2,1-3H3. The fourth-order valence-electron chi connectivity index (χ4n) is 3.22. The van der Waals surface area contributed by atoms with Gasteiger partial charge in [0.2, 0.25) is 0 Å². The first-order valence-corrected chi connectivity index (χ1v) is 7.75. The van der Waals surface area contributed by atoms with Crippen LogP contribution in [0.3, 0.4) is 0 Å². The summed E-state index contributed by atoms with van der Waals surface area (Å²) in [7, 11) is 0. The van der Waals surface area contributed by atoms with E-state index in [1.54, 1.807) is 0 Å². The van der Waals surface area contributed by atoms with Crippen molar-refractivity contribution in [1.29, 1.82) is 0 Å². The van der Waals surface area contributed by atoms with E-state index in [1.165, 1.54) is 6.42 Å². The van der Waals surface area contributed by atoms with Crippen LogP contribution >= 0.6 is 15.9 Å². The fourth-order valence-corrected chi connectivity index (χ4v) is 3.84. The number of halogens is 1. The van der Waals surface area contributed by atoms with Crippen molar-refractivity contribution in [3.63, 3.8) is 0 Å². The Bertz CT molecular complexity index is 416. The Morgan fingerprint density at radius 3 is 2.89 bits per heavy atom. The monoisotopic (exact) mass is 314 g/mol. The van der Waals surface area contributed by atoms with Gasteiger partial charge in [-0.25, -0.2) is 0 Å². The van der Waals surface area contributed by atoms with E-state index in [9.17, 15) is 5.11 Å². The van der Waals surface area contributed by atoms with Gasteiger partial charge in [-0.05, 0) is 48.5 Å². The molecule has 1 aromatic rings. The van der Waals surface area contributed by atoms with Crippen LogP contribution in [0, 0.1) is 5.92 Å². The number of hydrogen-bond donors (Lipinski definition) is 1. The maximum atomic E-state index is 11.2. The highest BCUT2D eigenvalue weighted by molar-refractivity contribution is 9.10. The van der Waals surface area contributed by atoms with Crippen LogP contribution in [0.5, 0.6) is 0 Å². The van der Waals surface area contributed by atoms with Crippen molar-refractivity contribution in [2.45, 2.75) is 64.5 Å². The van der Waals surface area contributed by atoms with E-state index in [2.05, 4.69) is 41.8 Å². The number of nitrogens with zero attached hydrogens (tertiary/aromatic N) is 2. The van der Waals surface area contributed by atoms with Crippen molar-refractivity contribution in [1.82, 2.24) is 9.78 Å². The lowest BCUT2D eigenvalue weighted by molar-refractivity contribution is -0.0638. The SMILES string of the molecule is CCC1CCCCC1(O)c1c(Br)cnn1C(C)C. The molecule has 3 nitrogen and oxygen atoms in total. The summed E-state index contributed by atoms with van der Waals surface area (Å²) in [5.74, 6) is 0.344. The van der Waals surface area contributed by atoms with Gasteiger partial charge in [-0.2, -0.15) is 5.10 Å². The van der Waals surface area contributed by atoms with Crippen LogP contribution in [0.25, 0.3) is 0 Å². The molecule has 1 fully saturated rings. The minimum Gasteiger partial charge on any atom is -0.383 e. The van der Waals surface area contributed by atoms with Gasteiger partial charge in [-0.1, -0.05) is 26.2 Å². The third kappa shape index (κ3) is 2.25. The number of hydrogen-bond acceptors (Lipinski definition) is 2. The maximum absolute atomic E-state index is 11.2. The van der Waals surface area contributed by atoms with E-state index in [4.69, 9.17) is 0 Å². The molecule has 1 aliphatic rings. The zero-order valence-electron chi connectivity index (χ0n) is 11.5. The highest BCUT2D eigenvalue weighted by atomic mass is 79.9. The van der Waals surface area contributed by atoms with Crippen molar-refractivity contribution >= 4 is 15.9 Å². The molecule has 18 heavy (non-hydrogen) atoms. The predicted octanol–water partition coefficient (Wildman–Crippen LogP) is 4.01. The summed E-state index contributed by atoms with van der Waals surface area (Å²) in [6, 6.07) is 0.273. The van der Waals surface area contributed by atoms with Crippen molar-refractivity contribution < 1.29 is 5.11 Å². The second-order valence-corrected chi connectivity index (χ2v) is 6.51. The zero-order valence-corrected chi connectivity index (χ0v) is 13.1. The molecule has 2 rings (SSSR count). The Balaban J connectivity index is 2.47. The third-order valence-corrected chi connectivity index (χ3v) is 4.76. The van der Waals surface area contributed by atoms with Crippen LogP contribution in [0.1, 0.15) is 64.6 Å². The van der Waals surface area contributed by atoms with Gasteiger partial charge >= 0.3 is 0 Å². The summed E-state index contributed by atoms with van der Waals surface area (Å²) in [5.41, 5.74) is 0.260. The van der Waals surface area contributed by atoms with Crippen LogP contribution in [-0.4, -0.2) is 14.9 Å². The molecule has 0 radical (unpaired) electrons. The molecule has 0 aromatic carbocycles. The predicted molar refractivity (Wildman–Crippen MR) is 76.5 cm³/mol. The smallest absolute Gasteiger partial charge is 0.110 e. The van der Waals surface area contributed by atoms with E-state index < -0.39 is 5.60 Å². The van der Waals surface area contributed by atoms with Crippen molar-refractivity contribution in [3.05, 3.63) is 16.4 Å². The normalized spacial score (nSPS) is 28.9. The highest BCUT2D eigenvalue weighted by Crippen LogP contribution is 2.46. The van der Waals surface area contributed by atoms with E-state index >= 15 is 0 Å². The number of aromatic nitrogens is 2. The molecular weight excluding hydrogens is 292 g/mol. The molecule has 0 aliphatic heterocycles. The van der Waals surface area contributed by atoms with Crippen LogP contribution in [0.15, 0.2) is 10.7 Å². The molecule has 2 atom stereocenters. The molecule has 4 heteroatoms. The second-order valence-electron chi connectivity index (χ2n) is 5.65. The first kappa shape index (κ1) is 14.1. The summed E-state index contributed by atoms with van der Waals surface area (Å²) in [5, 5.41) is 15.6. The quantitative estimate of drug-likeness (QED) is 0.915. The molecule has 1 aliphatic carbocycles. The fraction of sp³-hybridized carbons (Fsp3) is 0.786. The Kier molecular flexibility index (Phi) is 4.17. The van der Waals surface area contributed by atoms with Crippen molar-refractivity contribution in [2.75, 3.05) is 0 Å². The van der Waals surface area contributed by atoms with Crippen molar-refractivity contribution in [3.8, 4) is 0 Å². The van der Waals surface area contributed by atoms with Crippen LogP contribution in [0.4, 0.5) is 0 Å². The van der Waals surface area contributed by atoms with Gasteiger partial charge in [0.1, 0.15) is 5.60 Å². The summed E-state index contributed by atoms with van der Waals surface area (Å²) in [4.78, 5) is 0. The van der Waals surface area contributed by atoms with Crippen molar-refractivity contribution in [2.24, 2.45) is 5.92 Å². The van der Waals surface area contributed by atoms with Gasteiger partial charge in [0.25, 0.3) is 0 Å². The first-order valence-electron chi connectivity index (χ1n) is 6.96. The molecule has 0 amide bonds. The molecular formula is C14H23BrN2O. The first-order chi connectivity index (χ1) is 8.50. The van der Waals surface area contributed by atoms with Gasteiger partial charge in [-0.3, -0.25) is 4.68 Å². The van der Waals surface area contributed by atoms with Gasteiger partial charge in [-0.15, -0.1) is 0 Å². The topological polar surface area (TPSA) is 38.1 Å². The van der Waals surface area contributed by atoms with E-state index in [-0.39, 0.29) is 6.04 Å². The largest absolute Gasteiger partial charge is 0.383 e.